The Morgan fingerprint density at radius 2 is 2.16 bits per heavy atom. The summed E-state index contributed by atoms with van der Waals surface area (Å²) in [5.41, 5.74) is 1.72. The average Bonchev–Trinajstić information content (AvgIpc) is 3.17. The smallest absolute Gasteiger partial charge is 0.422 e. The standard InChI is InChI=1S/C22H28F3N3O3S/c1-15-4-3-9-28(11-15)12-17-13-32-21(26-17)27-20(29)8-6-16-5-7-18(19(10-16)30-2)31-14-22(23,24)25/h5,7,10,13,15H,3-4,6,8-9,11-12,14H2,1-2H3,(H,26,27,29). The molecule has 1 saturated heterocycles. The van der Waals surface area contributed by atoms with E-state index in [1.54, 1.807) is 12.1 Å². The molecule has 32 heavy (non-hydrogen) atoms. The molecule has 1 unspecified atom stereocenters. The number of alkyl halides is 3. The van der Waals surface area contributed by atoms with E-state index in [-0.39, 0.29) is 23.8 Å². The van der Waals surface area contributed by atoms with Gasteiger partial charge < -0.3 is 14.8 Å². The van der Waals surface area contributed by atoms with Crippen LogP contribution in [0.25, 0.3) is 0 Å². The van der Waals surface area contributed by atoms with Gasteiger partial charge in [0.15, 0.2) is 23.2 Å². The number of rotatable bonds is 9. The number of anilines is 1. The lowest BCUT2D eigenvalue weighted by atomic mass is 10.0. The number of aromatic nitrogens is 1. The minimum Gasteiger partial charge on any atom is -0.493 e. The molecule has 0 bridgehead atoms. The largest absolute Gasteiger partial charge is 0.493 e. The highest BCUT2D eigenvalue weighted by atomic mass is 32.1. The number of aryl methyl sites for hydroxylation is 1. The van der Waals surface area contributed by atoms with Gasteiger partial charge in [0.05, 0.1) is 12.8 Å². The van der Waals surface area contributed by atoms with E-state index in [0.717, 1.165) is 30.9 Å². The molecule has 1 aliphatic heterocycles. The number of likely N-dealkylation sites (tertiary alicyclic amines) is 1. The van der Waals surface area contributed by atoms with Gasteiger partial charge in [0.25, 0.3) is 0 Å². The van der Waals surface area contributed by atoms with Gasteiger partial charge in [-0.1, -0.05) is 13.0 Å². The van der Waals surface area contributed by atoms with Gasteiger partial charge in [-0.3, -0.25) is 9.69 Å². The van der Waals surface area contributed by atoms with Crippen LogP contribution in [0.1, 0.15) is 37.4 Å². The van der Waals surface area contributed by atoms with Crippen LogP contribution in [0.15, 0.2) is 23.6 Å². The Hall–Kier alpha value is -2.33. The summed E-state index contributed by atoms with van der Waals surface area (Å²) in [4.78, 5) is 19.2. The second kappa shape index (κ2) is 11.0. The molecule has 1 aromatic heterocycles. The van der Waals surface area contributed by atoms with Crippen LogP contribution in [0.4, 0.5) is 18.3 Å². The molecule has 1 fully saturated rings. The number of benzene rings is 1. The summed E-state index contributed by atoms with van der Waals surface area (Å²) in [5, 5.41) is 5.37. The Bertz CT molecular complexity index is 904. The van der Waals surface area contributed by atoms with Gasteiger partial charge >= 0.3 is 6.18 Å². The van der Waals surface area contributed by atoms with Crippen molar-refractivity contribution in [3.8, 4) is 11.5 Å². The molecule has 2 aromatic rings. The fourth-order valence-corrected chi connectivity index (χ4v) is 4.40. The zero-order valence-electron chi connectivity index (χ0n) is 18.2. The van der Waals surface area contributed by atoms with Gasteiger partial charge in [-0.05, 0) is 49.4 Å². The van der Waals surface area contributed by atoms with Crippen molar-refractivity contribution in [3.63, 3.8) is 0 Å². The van der Waals surface area contributed by atoms with E-state index in [1.807, 2.05) is 5.38 Å². The van der Waals surface area contributed by atoms with Crippen LogP contribution in [0.5, 0.6) is 11.5 Å². The number of ether oxygens (including phenoxy) is 2. The van der Waals surface area contributed by atoms with E-state index in [9.17, 15) is 18.0 Å². The van der Waals surface area contributed by atoms with Gasteiger partial charge in [0.1, 0.15) is 0 Å². The van der Waals surface area contributed by atoms with E-state index in [4.69, 9.17) is 9.47 Å². The van der Waals surface area contributed by atoms with E-state index < -0.39 is 12.8 Å². The number of methoxy groups -OCH3 is 1. The zero-order chi connectivity index (χ0) is 23.1. The second-order valence-electron chi connectivity index (χ2n) is 8.06. The van der Waals surface area contributed by atoms with Gasteiger partial charge in [0.2, 0.25) is 5.91 Å². The lowest BCUT2D eigenvalue weighted by Crippen LogP contribution is -2.33. The minimum absolute atomic E-state index is 0.0106. The Labute approximate surface area is 189 Å². The number of hydrogen-bond donors (Lipinski definition) is 1. The molecule has 0 aliphatic carbocycles. The van der Waals surface area contributed by atoms with Crippen molar-refractivity contribution in [2.75, 3.05) is 32.1 Å². The van der Waals surface area contributed by atoms with Crippen LogP contribution < -0.4 is 14.8 Å². The lowest BCUT2D eigenvalue weighted by Gasteiger charge is -2.30. The molecule has 6 nitrogen and oxygen atoms in total. The van der Waals surface area contributed by atoms with Crippen molar-refractivity contribution in [1.82, 2.24) is 9.88 Å². The molecule has 1 aliphatic rings. The average molecular weight is 472 g/mol. The first kappa shape index (κ1) is 24.3. The van der Waals surface area contributed by atoms with Crippen molar-refractivity contribution in [2.45, 2.75) is 45.3 Å². The summed E-state index contributed by atoms with van der Waals surface area (Å²) in [5.74, 6) is 0.736. The number of thiazole rings is 1. The van der Waals surface area contributed by atoms with Crippen LogP contribution in [0.3, 0.4) is 0 Å². The predicted octanol–water partition coefficient (Wildman–Crippen LogP) is 4.90. The molecule has 1 N–H and O–H groups in total. The van der Waals surface area contributed by atoms with Crippen LogP contribution in [0.2, 0.25) is 0 Å². The third-order valence-corrected chi connectivity index (χ3v) is 5.99. The third kappa shape index (κ3) is 7.67. The number of nitrogens with zero attached hydrogens (tertiary/aromatic N) is 2. The number of amides is 1. The molecule has 0 radical (unpaired) electrons. The SMILES string of the molecule is COc1cc(CCC(=O)Nc2nc(CN3CCCC(C)C3)cs2)ccc1OCC(F)(F)F. The van der Waals surface area contributed by atoms with Crippen molar-refractivity contribution < 1.29 is 27.4 Å². The Morgan fingerprint density at radius 1 is 1.34 bits per heavy atom. The molecule has 0 saturated carbocycles. The first-order valence-electron chi connectivity index (χ1n) is 10.5. The van der Waals surface area contributed by atoms with Crippen LogP contribution in [-0.4, -0.2) is 48.8 Å². The summed E-state index contributed by atoms with van der Waals surface area (Å²) in [7, 11) is 1.36. The highest BCUT2D eigenvalue weighted by Crippen LogP contribution is 2.30. The van der Waals surface area contributed by atoms with Crippen LogP contribution in [-0.2, 0) is 17.8 Å². The molecule has 1 aromatic carbocycles. The molecule has 1 atom stereocenters. The molecule has 10 heteroatoms. The van der Waals surface area contributed by atoms with E-state index in [0.29, 0.717) is 17.5 Å². The maximum atomic E-state index is 12.4. The molecular weight excluding hydrogens is 443 g/mol. The number of piperidine rings is 1. The maximum absolute atomic E-state index is 12.4. The first-order chi connectivity index (χ1) is 15.2. The van der Waals surface area contributed by atoms with Crippen molar-refractivity contribution in [3.05, 3.63) is 34.8 Å². The molecule has 176 valence electrons. The van der Waals surface area contributed by atoms with Gasteiger partial charge in [-0.25, -0.2) is 4.98 Å². The summed E-state index contributed by atoms with van der Waals surface area (Å²) in [6.07, 6.45) is -1.33. The predicted molar refractivity (Wildman–Crippen MR) is 117 cm³/mol. The minimum atomic E-state index is -4.43. The molecule has 3 rings (SSSR count). The fraction of sp³-hybridized carbons (Fsp3) is 0.545. The Morgan fingerprint density at radius 3 is 2.88 bits per heavy atom. The van der Waals surface area contributed by atoms with Gasteiger partial charge in [0, 0.05) is 24.9 Å². The molecule has 0 spiro atoms. The first-order valence-corrected chi connectivity index (χ1v) is 11.4. The highest BCUT2D eigenvalue weighted by molar-refractivity contribution is 7.13. The monoisotopic (exact) mass is 471 g/mol. The Kier molecular flexibility index (Phi) is 8.36. The Balaban J connectivity index is 1.48. The third-order valence-electron chi connectivity index (χ3n) is 5.18. The van der Waals surface area contributed by atoms with Gasteiger partial charge in [-0.2, -0.15) is 13.2 Å². The number of carbonyl (C=O) groups excluding carboxylic acids is 1. The second-order valence-corrected chi connectivity index (χ2v) is 8.92. The topological polar surface area (TPSA) is 63.7 Å². The lowest BCUT2D eigenvalue weighted by molar-refractivity contribution is -0.153. The summed E-state index contributed by atoms with van der Waals surface area (Å²) in [6.45, 7) is 3.81. The highest BCUT2D eigenvalue weighted by Gasteiger charge is 2.29. The quantitative estimate of drug-likeness (QED) is 0.564. The number of halogens is 3. The summed E-state index contributed by atoms with van der Waals surface area (Å²) >= 11 is 1.41. The van der Waals surface area contributed by atoms with Crippen molar-refractivity contribution in [2.24, 2.45) is 5.92 Å². The zero-order valence-corrected chi connectivity index (χ0v) is 19.0. The van der Waals surface area contributed by atoms with Crippen molar-refractivity contribution >= 4 is 22.4 Å². The molecular formula is C22H28F3N3O3S. The fourth-order valence-electron chi connectivity index (χ4n) is 3.68. The normalized spacial score (nSPS) is 17.2. The van der Waals surface area contributed by atoms with E-state index in [1.165, 1.54) is 37.4 Å². The van der Waals surface area contributed by atoms with E-state index >= 15 is 0 Å². The van der Waals surface area contributed by atoms with Crippen LogP contribution >= 0.6 is 11.3 Å². The number of carbonyl (C=O) groups is 1. The van der Waals surface area contributed by atoms with Gasteiger partial charge in [-0.15, -0.1) is 11.3 Å². The molecule has 1 amide bonds. The van der Waals surface area contributed by atoms with E-state index in [2.05, 4.69) is 22.1 Å². The number of nitrogens with one attached hydrogen (secondary N) is 1. The summed E-state index contributed by atoms with van der Waals surface area (Å²) in [6, 6.07) is 4.63. The number of hydrogen-bond acceptors (Lipinski definition) is 6. The van der Waals surface area contributed by atoms with Crippen molar-refractivity contribution in [1.29, 1.82) is 0 Å². The maximum Gasteiger partial charge on any atom is 0.422 e. The summed E-state index contributed by atoms with van der Waals surface area (Å²) < 4.78 is 47.0. The van der Waals surface area contributed by atoms with Crippen LogP contribution in [0, 0.1) is 5.92 Å². The molecule has 2 heterocycles.